The number of benzene rings is 1. The summed E-state index contributed by atoms with van der Waals surface area (Å²) in [5.41, 5.74) is 0.901. The van der Waals surface area contributed by atoms with Crippen molar-refractivity contribution >= 4 is 5.91 Å². The predicted molar refractivity (Wildman–Crippen MR) is 81.9 cm³/mol. The number of hydrogen-bond acceptors (Lipinski definition) is 5. The van der Waals surface area contributed by atoms with Crippen molar-refractivity contribution in [3.8, 4) is 11.4 Å². The second kappa shape index (κ2) is 6.65. The molecule has 2 aromatic rings. The molecule has 1 saturated heterocycles. The number of nitrogens with zero attached hydrogens (tertiary/aromatic N) is 6. The monoisotopic (exact) mass is 300 g/mol. The molecular weight excluding hydrogens is 280 g/mol. The van der Waals surface area contributed by atoms with E-state index in [9.17, 15) is 4.79 Å². The molecule has 0 saturated carbocycles. The third-order valence-corrected chi connectivity index (χ3v) is 3.93. The molecule has 116 valence electrons. The third-order valence-electron chi connectivity index (χ3n) is 3.93. The lowest BCUT2D eigenvalue weighted by Crippen LogP contribution is -2.49. The first kappa shape index (κ1) is 14.6. The van der Waals surface area contributed by atoms with E-state index in [1.807, 2.05) is 35.2 Å². The summed E-state index contributed by atoms with van der Waals surface area (Å²) in [4.78, 5) is 17.9. The SMILES string of the molecule is CCN1CCN(C(=O)Cn2nnc(-c3ccccc3)n2)CC1. The highest BCUT2D eigenvalue weighted by atomic mass is 16.2. The van der Waals surface area contributed by atoms with Gasteiger partial charge in [0.1, 0.15) is 6.54 Å². The molecule has 0 unspecified atom stereocenters. The Morgan fingerprint density at radius 3 is 2.55 bits per heavy atom. The van der Waals surface area contributed by atoms with Crippen LogP contribution in [0.2, 0.25) is 0 Å². The Balaban J connectivity index is 1.60. The molecule has 3 rings (SSSR count). The maximum Gasteiger partial charge on any atom is 0.246 e. The Hall–Kier alpha value is -2.28. The summed E-state index contributed by atoms with van der Waals surface area (Å²) < 4.78 is 0. The molecule has 0 atom stereocenters. The third kappa shape index (κ3) is 3.30. The number of hydrogen-bond donors (Lipinski definition) is 0. The molecule has 0 N–H and O–H groups in total. The number of aromatic nitrogens is 4. The van der Waals surface area contributed by atoms with Gasteiger partial charge >= 0.3 is 0 Å². The lowest BCUT2D eigenvalue weighted by atomic mass is 10.2. The van der Waals surface area contributed by atoms with E-state index in [1.54, 1.807) is 0 Å². The van der Waals surface area contributed by atoms with Crippen LogP contribution in [-0.2, 0) is 11.3 Å². The van der Waals surface area contributed by atoms with Gasteiger partial charge in [-0.1, -0.05) is 37.3 Å². The standard InChI is InChI=1S/C15H20N6O/c1-2-19-8-10-20(11-9-19)14(22)12-21-17-15(16-18-21)13-6-4-3-5-7-13/h3-7H,2,8-12H2,1H3. The van der Waals surface area contributed by atoms with Crippen molar-refractivity contribution in [1.29, 1.82) is 0 Å². The Kier molecular flexibility index (Phi) is 4.43. The summed E-state index contributed by atoms with van der Waals surface area (Å²) in [7, 11) is 0. The van der Waals surface area contributed by atoms with E-state index < -0.39 is 0 Å². The molecule has 1 amide bonds. The fourth-order valence-corrected chi connectivity index (χ4v) is 2.55. The molecule has 7 nitrogen and oxygen atoms in total. The normalized spacial score (nSPS) is 16.0. The average Bonchev–Trinajstić information content (AvgIpc) is 3.04. The van der Waals surface area contributed by atoms with E-state index >= 15 is 0 Å². The van der Waals surface area contributed by atoms with E-state index in [2.05, 4.69) is 27.2 Å². The van der Waals surface area contributed by atoms with Gasteiger partial charge in [0.25, 0.3) is 0 Å². The van der Waals surface area contributed by atoms with Crippen LogP contribution in [0.15, 0.2) is 30.3 Å². The number of carbonyl (C=O) groups is 1. The van der Waals surface area contributed by atoms with Crippen LogP contribution < -0.4 is 0 Å². The Bertz CT molecular complexity index is 618. The fourth-order valence-electron chi connectivity index (χ4n) is 2.55. The maximum absolute atomic E-state index is 12.3. The molecule has 0 radical (unpaired) electrons. The van der Waals surface area contributed by atoms with Crippen LogP contribution in [0.1, 0.15) is 6.92 Å². The molecule has 1 aliphatic heterocycles. The maximum atomic E-state index is 12.3. The molecule has 0 bridgehead atoms. The van der Waals surface area contributed by atoms with Crippen molar-refractivity contribution in [1.82, 2.24) is 30.0 Å². The average molecular weight is 300 g/mol. The van der Waals surface area contributed by atoms with Crippen molar-refractivity contribution in [3.63, 3.8) is 0 Å². The first-order valence-electron chi connectivity index (χ1n) is 7.59. The van der Waals surface area contributed by atoms with Crippen LogP contribution in [0.25, 0.3) is 11.4 Å². The number of carbonyl (C=O) groups excluding carboxylic acids is 1. The van der Waals surface area contributed by atoms with Crippen LogP contribution in [0.5, 0.6) is 0 Å². The van der Waals surface area contributed by atoms with E-state index in [0.29, 0.717) is 5.82 Å². The van der Waals surface area contributed by atoms with Gasteiger partial charge in [-0.3, -0.25) is 4.79 Å². The zero-order chi connectivity index (χ0) is 15.4. The number of rotatable bonds is 4. The predicted octanol–water partition coefficient (Wildman–Crippen LogP) is 0.504. The highest BCUT2D eigenvalue weighted by Gasteiger charge is 2.21. The Labute approximate surface area is 129 Å². The Morgan fingerprint density at radius 2 is 1.86 bits per heavy atom. The van der Waals surface area contributed by atoms with Crippen LogP contribution in [0.3, 0.4) is 0 Å². The summed E-state index contributed by atoms with van der Waals surface area (Å²) >= 11 is 0. The summed E-state index contributed by atoms with van der Waals surface area (Å²) in [6, 6.07) is 9.64. The first-order valence-corrected chi connectivity index (χ1v) is 7.59. The molecule has 0 spiro atoms. The van der Waals surface area contributed by atoms with Gasteiger partial charge in [-0.2, -0.15) is 4.80 Å². The number of piperazine rings is 1. The lowest BCUT2D eigenvalue weighted by Gasteiger charge is -2.33. The zero-order valence-corrected chi connectivity index (χ0v) is 12.7. The van der Waals surface area contributed by atoms with Gasteiger partial charge < -0.3 is 9.80 Å². The second-order valence-corrected chi connectivity index (χ2v) is 5.32. The highest BCUT2D eigenvalue weighted by Crippen LogP contribution is 2.11. The number of tetrazole rings is 1. The van der Waals surface area contributed by atoms with Crippen molar-refractivity contribution in [2.24, 2.45) is 0 Å². The van der Waals surface area contributed by atoms with Gasteiger partial charge in [0.2, 0.25) is 11.7 Å². The summed E-state index contributed by atoms with van der Waals surface area (Å²) in [5, 5.41) is 12.3. The summed E-state index contributed by atoms with van der Waals surface area (Å²) in [6.45, 7) is 6.73. The van der Waals surface area contributed by atoms with E-state index in [1.165, 1.54) is 4.80 Å². The van der Waals surface area contributed by atoms with Crippen molar-refractivity contribution < 1.29 is 4.79 Å². The van der Waals surface area contributed by atoms with Crippen LogP contribution >= 0.6 is 0 Å². The second-order valence-electron chi connectivity index (χ2n) is 5.32. The van der Waals surface area contributed by atoms with Crippen LogP contribution in [0.4, 0.5) is 0 Å². The zero-order valence-electron chi connectivity index (χ0n) is 12.7. The van der Waals surface area contributed by atoms with E-state index in [4.69, 9.17) is 0 Å². The quantitative estimate of drug-likeness (QED) is 0.823. The smallest absolute Gasteiger partial charge is 0.246 e. The van der Waals surface area contributed by atoms with Crippen LogP contribution in [-0.4, -0.2) is 68.6 Å². The first-order chi connectivity index (χ1) is 10.8. The highest BCUT2D eigenvalue weighted by molar-refractivity contribution is 5.75. The minimum atomic E-state index is 0.0489. The lowest BCUT2D eigenvalue weighted by molar-refractivity contribution is -0.134. The number of likely N-dealkylation sites (N-methyl/N-ethyl adjacent to an activating group) is 1. The summed E-state index contributed by atoms with van der Waals surface area (Å²) in [5.74, 6) is 0.594. The fraction of sp³-hybridized carbons (Fsp3) is 0.467. The largest absolute Gasteiger partial charge is 0.338 e. The van der Waals surface area contributed by atoms with Gasteiger partial charge in [0.05, 0.1) is 0 Å². The minimum absolute atomic E-state index is 0.0489. The molecular formula is C15H20N6O. The van der Waals surface area contributed by atoms with Gasteiger partial charge in [0, 0.05) is 31.7 Å². The van der Waals surface area contributed by atoms with E-state index in [0.717, 1.165) is 38.3 Å². The van der Waals surface area contributed by atoms with Gasteiger partial charge in [-0.25, -0.2) is 0 Å². The number of amides is 1. The molecule has 7 heteroatoms. The summed E-state index contributed by atoms with van der Waals surface area (Å²) in [6.07, 6.45) is 0. The minimum Gasteiger partial charge on any atom is -0.338 e. The molecule has 2 heterocycles. The molecule has 0 aliphatic carbocycles. The van der Waals surface area contributed by atoms with Gasteiger partial charge in [-0.05, 0) is 11.8 Å². The molecule has 1 fully saturated rings. The van der Waals surface area contributed by atoms with Crippen molar-refractivity contribution in [3.05, 3.63) is 30.3 Å². The van der Waals surface area contributed by atoms with Crippen molar-refractivity contribution in [2.45, 2.75) is 13.5 Å². The van der Waals surface area contributed by atoms with Gasteiger partial charge in [0.15, 0.2) is 0 Å². The molecule has 1 aromatic heterocycles. The molecule has 22 heavy (non-hydrogen) atoms. The van der Waals surface area contributed by atoms with Gasteiger partial charge in [-0.15, -0.1) is 10.2 Å². The van der Waals surface area contributed by atoms with Crippen molar-refractivity contribution in [2.75, 3.05) is 32.7 Å². The topological polar surface area (TPSA) is 67.2 Å². The molecule has 1 aromatic carbocycles. The Morgan fingerprint density at radius 1 is 1.14 bits per heavy atom. The van der Waals surface area contributed by atoms with E-state index in [-0.39, 0.29) is 12.5 Å². The van der Waals surface area contributed by atoms with Crippen LogP contribution in [0, 0.1) is 0 Å². The molecule has 1 aliphatic rings.